The molecule has 4 aromatic rings. The zero-order valence-corrected chi connectivity index (χ0v) is 23.1. The number of Topliss-reactive ketones (excluding diaryl/α,β-unsaturated/α-hetero) is 1. The third-order valence-corrected chi connectivity index (χ3v) is 8.89. The normalized spacial score (nSPS) is 14.6. The smallest absolute Gasteiger partial charge is 0.412 e. The van der Waals surface area contributed by atoms with Gasteiger partial charge in [-0.15, -0.1) is 11.3 Å². The Hall–Kier alpha value is -3.13. The average molecular weight is 552 g/mol. The number of nitrogens with one attached hydrogen (secondary N) is 1. The lowest BCUT2D eigenvalue weighted by Crippen LogP contribution is -2.16. The molecule has 5 nitrogen and oxygen atoms in total. The Kier molecular flexibility index (Phi) is 7.12. The van der Waals surface area contributed by atoms with Crippen LogP contribution in [0.2, 0.25) is 4.34 Å². The molecule has 2 aromatic heterocycles. The lowest BCUT2D eigenvalue weighted by atomic mass is 9.90. The van der Waals surface area contributed by atoms with E-state index in [0.29, 0.717) is 15.8 Å². The van der Waals surface area contributed by atoms with Gasteiger partial charge in [0.15, 0.2) is 0 Å². The van der Waals surface area contributed by atoms with Gasteiger partial charge in [0.25, 0.3) is 0 Å². The van der Waals surface area contributed by atoms with Gasteiger partial charge in [0.1, 0.15) is 17.6 Å². The van der Waals surface area contributed by atoms with Crippen LogP contribution in [0.25, 0.3) is 21.6 Å². The fourth-order valence-corrected chi connectivity index (χ4v) is 6.47. The van der Waals surface area contributed by atoms with Crippen LogP contribution in [0, 0.1) is 0 Å². The molecule has 1 atom stereocenters. The van der Waals surface area contributed by atoms with Crippen LogP contribution in [0.3, 0.4) is 0 Å². The minimum absolute atomic E-state index is 0.228. The van der Waals surface area contributed by atoms with Crippen molar-refractivity contribution in [3.05, 3.63) is 80.8 Å². The molecule has 1 fully saturated rings. The Morgan fingerprint density at radius 1 is 1.05 bits per heavy atom. The molecule has 0 aliphatic heterocycles. The molecule has 0 bridgehead atoms. The van der Waals surface area contributed by atoms with E-state index >= 15 is 0 Å². The number of hydrogen-bond acceptors (Lipinski definition) is 6. The summed E-state index contributed by atoms with van der Waals surface area (Å²) in [6, 6.07) is 17.7. The van der Waals surface area contributed by atoms with E-state index in [9.17, 15) is 9.59 Å². The molecule has 0 radical (unpaired) electrons. The molecule has 8 heteroatoms. The minimum atomic E-state index is -0.544. The molecular weight excluding hydrogens is 526 g/mol. The first-order chi connectivity index (χ1) is 17.8. The number of ether oxygens (including phenoxy) is 2. The summed E-state index contributed by atoms with van der Waals surface area (Å²) in [5, 5.41) is 6.75. The monoisotopic (exact) mass is 551 g/mol. The van der Waals surface area contributed by atoms with E-state index in [1.165, 1.54) is 11.3 Å². The molecular formula is C29H26ClNO4S2. The van der Waals surface area contributed by atoms with E-state index in [0.717, 1.165) is 45.5 Å². The van der Waals surface area contributed by atoms with Gasteiger partial charge >= 0.3 is 6.09 Å². The summed E-state index contributed by atoms with van der Waals surface area (Å²) in [5.74, 6) is 0.924. The molecule has 0 saturated heterocycles. The van der Waals surface area contributed by atoms with Gasteiger partial charge in [0, 0.05) is 11.1 Å². The number of benzene rings is 2. The lowest BCUT2D eigenvalue weighted by Gasteiger charge is -2.15. The highest BCUT2D eigenvalue weighted by Crippen LogP contribution is 2.49. The van der Waals surface area contributed by atoms with Crippen molar-refractivity contribution in [1.29, 1.82) is 0 Å². The summed E-state index contributed by atoms with van der Waals surface area (Å²) in [5.41, 5.74) is 5.11. The number of carbonyl (C=O) groups is 2. The third kappa shape index (κ3) is 5.17. The van der Waals surface area contributed by atoms with Crippen molar-refractivity contribution in [2.45, 2.75) is 38.2 Å². The first kappa shape index (κ1) is 25.5. The number of hydrogen-bond donors (Lipinski definition) is 1. The van der Waals surface area contributed by atoms with E-state index < -0.39 is 6.09 Å². The third-order valence-electron chi connectivity index (χ3n) is 6.87. The predicted octanol–water partition coefficient (Wildman–Crippen LogP) is 8.74. The Labute approximate surface area is 229 Å². The van der Waals surface area contributed by atoms with Crippen LogP contribution in [-0.4, -0.2) is 19.0 Å². The van der Waals surface area contributed by atoms with Crippen LogP contribution in [0.15, 0.2) is 65.4 Å². The molecule has 0 unspecified atom stereocenters. The molecule has 190 valence electrons. The van der Waals surface area contributed by atoms with Gasteiger partial charge in [0.2, 0.25) is 0 Å². The minimum Gasteiger partial charge on any atom is -0.496 e. The van der Waals surface area contributed by atoms with Crippen molar-refractivity contribution in [2.75, 3.05) is 12.4 Å². The van der Waals surface area contributed by atoms with Gasteiger partial charge in [-0.2, -0.15) is 11.3 Å². The molecule has 2 heterocycles. The summed E-state index contributed by atoms with van der Waals surface area (Å²) in [6.07, 6.45) is 0.927. The Morgan fingerprint density at radius 2 is 1.78 bits per heavy atom. The van der Waals surface area contributed by atoms with E-state index in [4.69, 9.17) is 21.1 Å². The van der Waals surface area contributed by atoms with Crippen molar-refractivity contribution >= 4 is 51.8 Å². The lowest BCUT2D eigenvalue weighted by molar-refractivity contribution is -0.119. The maximum Gasteiger partial charge on any atom is 0.412 e. The van der Waals surface area contributed by atoms with Crippen LogP contribution >= 0.6 is 34.3 Å². The summed E-state index contributed by atoms with van der Waals surface area (Å²) in [4.78, 5) is 25.5. The number of halogens is 1. The molecule has 0 spiro atoms. The van der Waals surface area contributed by atoms with Crippen LogP contribution in [0.4, 0.5) is 10.5 Å². The molecule has 1 aliphatic carbocycles. The van der Waals surface area contributed by atoms with Crippen LogP contribution in [0.1, 0.15) is 43.9 Å². The molecule has 5 rings (SSSR count). The number of amides is 1. The zero-order chi connectivity index (χ0) is 26.2. The molecule has 1 aliphatic rings. The van der Waals surface area contributed by atoms with Gasteiger partial charge in [-0.3, -0.25) is 10.1 Å². The Balaban J connectivity index is 1.38. The Morgan fingerprint density at radius 3 is 2.41 bits per heavy atom. The molecule has 1 saturated carbocycles. The second kappa shape index (κ2) is 10.3. The van der Waals surface area contributed by atoms with Crippen LogP contribution in [-0.2, 0) is 14.9 Å². The maximum absolute atomic E-state index is 12.6. The van der Waals surface area contributed by atoms with Crippen molar-refractivity contribution in [3.63, 3.8) is 0 Å². The summed E-state index contributed by atoms with van der Waals surface area (Å²) >= 11 is 9.27. The van der Waals surface area contributed by atoms with Gasteiger partial charge in [-0.05, 0) is 72.3 Å². The first-order valence-corrected chi connectivity index (χ1v) is 14.0. The quantitative estimate of drug-likeness (QED) is 0.238. The maximum atomic E-state index is 12.6. The number of carbonyl (C=O) groups excluding carboxylic acids is 2. The molecule has 1 amide bonds. The van der Waals surface area contributed by atoms with Crippen molar-refractivity contribution in [2.24, 2.45) is 0 Å². The van der Waals surface area contributed by atoms with E-state index in [2.05, 4.69) is 5.32 Å². The van der Waals surface area contributed by atoms with Crippen LogP contribution in [0.5, 0.6) is 5.75 Å². The van der Waals surface area contributed by atoms with Crippen LogP contribution < -0.4 is 10.1 Å². The van der Waals surface area contributed by atoms with Crippen molar-refractivity contribution in [3.8, 4) is 27.3 Å². The zero-order valence-electron chi connectivity index (χ0n) is 20.7. The van der Waals surface area contributed by atoms with Crippen molar-refractivity contribution in [1.82, 2.24) is 0 Å². The fraction of sp³-hybridized carbons (Fsp3) is 0.241. The summed E-state index contributed by atoms with van der Waals surface area (Å²) in [7, 11) is 1.63. The van der Waals surface area contributed by atoms with E-state index in [1.807, 2.05) is 66.2 Å². The van der Waals surface area contributed by atoms with Crippen molar-refractivity contribution < 1.29 is 19.1 Å². The number of thiophene rings is 2. The molecule has 1 N–H and O–H groups in total. The number of anilines is 1. The predicted molar refractivity (Wildman–Crippen MR) is 151 cm³/mol. The fourth-order valence-electron chi connectivity index (χ4n) is 4.55. The summed E-state index contributed by atoms with van der Waals surface area (Å²) < 4.78 is 11.8. The van der Waals surface area contributed by atoms with Gasteiger partial charge < -0.3 is 9.47 Å². The number of ketones is 1. The topological polar surface area (TPSA) is 64.6 Å². The van der Waals surface area contributed by atoms with Gasteiger partial charge in [-0.1, -0.05) is 48.0 Å². The second-order valence-electron chi connectivity index (χ2n) is 9.15. The average Bonchev–Trinajstić information content (AvgIpc) is 3.35. The standard InChI is InChI=1S/C29H26ClNO4S2/c1-17(21-10-13-36-16-21)35-28(33)31-24-15-26(30)37-27(24)20-6-9-23(25(14-20)34-3)19-4-7-22(8-5-19)29(11-12-29)18(2)32/h4-10,13-17H,11-12H2,1-3H3,(H,31,33)/t17-/m1/s1. The Bertz CT molecular complexity index is 1440. The number of methoxy groups -OCH3 is 1. The largest absolute Gasteiger partial charge is 0.496 e. The molecule has 2 aromatic carbocycles. The second-order valence-corrected chi connectivity index (χ2v) is 11.6. The summed E-state index contributed by atoms with van der Waals surface area (Å²) in [6.45, 7) is 3.51. The highest BCUT2D eigenvalue weighted by molar-refractivity contribution is 7.20. The first-order valence-electron chi connectivity index (χ1n) is 11.9. The van der Waals surface area contributed by atoms with Gasteiger partial charge in [-0.25, -0.2) is 4.79 Å². The molecule has 37 heavy (non-hydrogen) atoms. The number of rotatable bonds is 8. The van der Waals surface area contributed by atoms with E-state index in [-0.39, 0.29) is 17.3 Å². The van der Waals surface area contributed by atoms with Gasteiger partial charge in [0.05, 0.1) is 27.4 Å². The highest BCUT2D eigenvalue weighted by Gasteiger charge is 2.48. The SMILES string of the molecule is COc1cc(-c2sc(Cl)cc2NC(=O)O[C@H](C)c2ccsc2)ccc1-c1ccc(C2(C(C)=O)CC2)cc1. The highest BCUT2D eigenvalue weighted by atomic mass is 35.5. The van der Waals surface area contributed by atoms with E-state index in [1.54, 1.807) is 31.4 Å².